The molecule has 44 heavy (non-hydrogen) atoms. The first-order chi connectivity index (χ1) is 21.1. The quantitative estimate of drug-likeness (QED) is 0.151. The number of rotatable bonds is 11. The number of nitrogens with zero attached hydrogens (tertiary/aromatic N) is 1. The van der Waals surface area contributed by atoms with Gasteiger partial charge in [-0.05, 0) is 87.0 Å². The fourth-order valence-corrected chi connectivity index (χ4v) is 5.06. The van der Waals surface area contributed by atoms with Crippen LogP contribution in [0.2, 0.25) is 0 Å². The second kappa shape index (κ2) is 16.6. The number of likely N-dealkylation sites (N-methyl/N-ethyl adjacent to an activating group) is 3. The highest BCUT2D eigenvalue weighted by Gasteiger charge is 2.31. The Bertz CT molecular complexity index is 1320. The van der Waals surface area contributed by atoms with Crippen molar-refractivity contribution < 1.29 is 29.4 Å². The molecule has 0 aliphatic carbocycles. The van der Waals surface area contributed by atoms with Crippen LogP contribution in [-0.2, 0) is 32.0 Å². The van der Waals surface area contributed by atoms with Gasteiger partial charge in [-0.15, -0.1) is 0 Å². The van der Waals surface area contributed by atoms with E-state index in [1.165, 1.54) is 18.0 Å². The Hall–Kier alpha value is -4.20. The number of hydrogen-bond acceptors (Lipinski definition) is 9. The molecule has 0 saturated heterocycles. The molecule has 0 radical (unpaired) electrons. The van der Waals surface area contributed by atoms with Gasteiger partial charge in [0.05, 0.1) is 12.6 Å². The second-order valence-electron chi connectivity index (χ2n) is 11.0. The van der Waals surface area contributed by atoms with Crippen molar-refractivity contribution in [2.75, 3.05) is 54.4 Å². The molecule has 0 fully saturated rings. The Morgan fingerprint density at radius 2 is 1.48 bits per heavy atom. The van der Waals surface area contributed by atoms with Crippen molar-refractivity contribution in [1.29, 1.82) is 0 Å². The van der Waals surface area contributed by atoms with Crippen LogP contribution in [0, 0.1) is 0 Å². The molecule has 13 heteroatoms. The van der Waals surface area contributed by atoms with Crippen LogP contribution < -0.4 is 31.9 Å². The van der Waals surface area contributed by atoms with Gasteiger partial charge < -0.3 is 47.0 Å². The third kappa shape index (κ3) is 9.40. The second-order valence-corrected chi connectivity index (χ2v) is 11.0. The fraction of sp³-hybridized carbons (Fsp3) is 0.484. The Kier molecular flexibility index (Phi) is 12.9. The lowest BCUT2D eigenvalue weighted by atomic mass is 9.95. The first kappa shape index (κ1) is 34.3. The number of amides is 4. The number of hydrogen-bond donors (Lipinski definition) is 8. The first-order valence-electron chi connectivity index (χ1n) is 14.8. The minimum atomic E-state index is -1.15. The number of phenols is 2. The summed E-state index contributed by atoms with van der Waals surface area (Å²) in [6, 6.07) is 7.12. The zero-order valence-corrected chi connectivity index (χ0v) is 25.8. The van der Waals surface area contributed by atoms with Crippen LogP contribution >= 0.6 is 0 Å². The van der Waals surface area contributed by atoms with Gasteiger partial charge >= 0.3 is 0 Å². The van der Waals surface area contributed by atoms with E-state index in [4.69, 9.17) is 0 Å². The van der Waals surface area contributed by atoms with Gasteiger partial charge in [-0.25, -0.2) is 0 Å². The van der Waals surface area contributed by atoms with E-state index < -0.39 is 35.8 Å². The van der Waals surface area contributed by atoms with Gasteiger partial charge in [0.25, 0.3) is 0 Å². The smallest absolute Gasteiger partial charge is 0.245 e. The standard InChI is InChI=1S/C31H45N7O6/c1-32-11-5-6-23-29(42)37-25(31(44)38(4)18-28(41)35-13-12-33-2)17-22-15-20(8-10-27(22)40)19-7-9-26(39)21(14-19)16-24(34-3)30(43)36-23/h7-10,14-15,23-25,32-34,39-40H,5-6,11-13,16-18H2,1-4H3,(H,35,41)(H,36,43)(H,37,42)/t23-,24-,25-/m0/s1. The maximum Gasteiger partial charge on any atom is 0.245 e. The van der Waals surface area contributed by atoms with Gasteiger partial charge in [0.1, 0.15) is 23.6 Å². The average Bonchev–Trinajstić information content (AvgIpc) is 3.00. The van der Waals surface area contributed by atoms with Crippen molar-refractivity contribution in [2.45, 2.75) is 43.8 Å². The summed E-state index contributed by atoms with van der Waals surface area (Å²) in [5.41, 5.74) is 2.37. The van der Waals surface area contributed by atoms with Crippen molar-refractivity contribution in [1.82, 2.24) is 36.8 Å². The number of carbonyl (C=O) groups excluding carboxylic acids is 4. The van der Waals surface area contributed by atoms with E-state index in [1.807, 2.05) is 0 Å². The molecular formula is C31H45N7O6. The topological polar surface area (TPSA) is 184 Å². The Labute approximate surface area is 258 Å². The van der Waals surface area contributed by atoms with Crippen LogP contribution in [0.1, 0.15) is 24.0 Å². The minimum absolute atomic E-state index is 0.0251. The molecule has 8 N–H and O–H groups in total. The highest BCUT2D eigenvalue weighted by Crippen LogP contribution is 2.31. The lowest BCUT2D eigenvalue weighted by molar-refractivity contribution is -0.139. The van der Waals surface area contributed by atoms with Crippen LogP contribution in [0.3, 0.4) is 0 Å². The molecule has 0 saturated carbocycles. The number of fused-ring (bicyclic) bond motifs is 5. The predicted octanol–water partition coefficient (Wildman–Crippen LogP) is -0.785. The number of phenolic OH excluding ortho intramolecular Hbond substituents is 2. The summed E-state index contributed by atoms with van der Waals surface area (Å²) in [6.45, 7) is 1.32. The van der Waals surface area contributed by atoms with Gasteiger partial charge in [-0.1, -0.05) is 12.1 Å². The Morgan fingerprint density at radius 3 is 2.07 bits per heavy atom. The summed E-state index contributed by atoms with van der Waals surface area (Å²) in [5, 5.41) is 38.7. The summed E-state index contributed by atoms with van der Waals surface area (Å²) in [7, 11) is 6.64. The van der Waals surface area contributed by atoms with Crippen LogP contribution in [0.5, 0.6) is 11.5 Å². The molecule has 1 heterocycles. The van der Waals surface area contributed by atoms with Gasteiger partial charge in [-0.2, -0.15) is 0 Å². The number of benzene rings is 2. The van der Waals surface area contributed by atoms with Crippen molar-refractivity contribution in [3.8, 4) is 22.6 Å². The largest absolute Gasteiger partial charge is 0.508 e. The van der Waals surface area contributed by atoms with Gasteiger partial charge in [0.2, 0.25) is 23.6 Å². The van der Waals surface area contributed by atoms with E-state index in [0.717, 1.165) is 5.56 Å². The number of aromatic hydroxyl groups is 2. The molecule has 0 unspecified atom stereocenters. The monoisotopic (exact) mass is 611 g/mol. The summed E-state index contributed by atoms with van der Waals surface area (Å²) in [6.07, 6.45) is 0.939. The highest BCUT2D eigenvalue weighted by molar-refractivity contribution is 5.94. The Balaban J connectivity index is 2.04. The van der Waals surface area contributed by atoms with Crippen molar-refractivity contribution in [3.05, 3.63) is 47.5 Å². The van der Waals surface area contributed by atoms with E-state index in [2.05, 4.69) is 31.9 Å². The molecule has 0 spiro atoms. The maximum absolute atomic E-state index is 13.7. The molecule has 13 nitrogen and oxygen atoms in total. The summed E-state index contributed by atoms with van der Waals surface area (Å²) < 4.78 is 0. The van der Waals surface area contributed by atoms with E-state index in [0.29, 0.717) is 49.2 Å². The average molecular weight is 612 g/mol. The molecule has 0 aromatic heterocycles. The summed E-state index contributed by atoms with van der Waals surface area (Å²) in [4.78, 5) is 54.5. The first-order valence-corrected chi connectivity index (χ1v) is 14.8. The molecule has 2 aromatic carbocycles. The zero-order valence-electron chi connectivity index (χ0n) is 25.8. The predicted molar refractivity (Wildman–Crippen MR) is 167 cm³/mol. The third-order valence-electron chi connectivity index (χ3n) is 7.63. The van der Waals surface area contributed by atoms with Crippen LogP contribution in [0.25, 0.3) is 11.1 Å². The van der Waals surface area contributed by atoms with Gasteiger partial charge in [0, 0.05) is 33.0 Å². The molecule has 3 rings (SSSR count). The molecule has 240 valence electrons. The molecule has 4 amide bonds. The van der Waals surface area contributed by atoms with Crippen LogP contribution in [0.15, 0.2) is 36.4 Å². The van der Waals surface area contributed by atoms with E-state index in [9.17, 15) is 29.4 Å². The minimum Gasteiger partial charge on any atom is -0.508 e. The molecule has 4 bridgehead atoms. The van der Waals surface area contributed by atoms with Gasteiger partial charge in [-0.3, -0.25) is 19.2 Å². The summed E-state index contributed by atoms with van der Waals surface area (Å²) in [5.74, 6) is -1.93. The summed E-state index contributed by atoms with van der Waals surface area (Å²) >= 11 is 0. The van der Waals surface area contributed by atoms with Crippen molar-refractivity contribution >= 4 is 23.6 Å². The maximum atomic E-state index is 13.7. The molecular weight excluding hydrogens is 566 g/mol. The molecule has 2 aromatic rings. The van der Waals surface area contributed by atoms with Crippen LogP contribution in [-0.4, -0.2) is 111 Å². The molecule has 1 aliphatic heterocycles. The van der Waals surface area contributed by atoms with E-state index in [-0.39, 0.29) is 36.8 Å². The zero-order chi connectivity index (χ0) is 32.2. The lowest BCUT2D eigenvalue weighted by Crippen LogP contribution is -2.57. The fourth-order valence-electron chi connectivity index (χ4n) is 5.06. The highest BCUT2D eigenvalue weighted by atomic mass is 16.3. The van der Waals surface area contributed by atoms with Crippen molar-refractivity contribution in [2.24, 2.45) is 0 Å². The number of nitrogens with one attached hydrogen (secondary N) is 6. The normalized spacial score (nSPS) is 18.8. The number of carbonyl (C=O) groups is 4. The van der Waals surface area contributed by atoms with E-state index >= 15 is 0 Å². The molecule has 1 aliphatic rings. The third-order valence-corrected chi connectivity index (χ3v) is 7.63. The van der Waals surface area contributed by atoms with Crippen LogP contribution in [0.4, 0.5) is 0 Å². The lowest BCUT2D eigenvalue weighted by Gasteiger charge is -2.27. The van der Waals surface area contributed by atoms with Gasteiger partial charge in [0.15, 0.2) is 0 Å². The van der Waals surface area contributed by atoms with Crippen molar-refractivity contribution in [3.63, 3.8) is 0 Å². The Morgan fingerprint density at radius 1 is 0.864 bits per heavy atom. The SMILES string of the molecule is CNCCC[C@@H]1NC(=O)[C@@H](NC)Cc2cc(ccc2O)-c2ccc(O)c(c2)C[C@@H](C(=O)N(C)CC(=O)NCCNC)NC1=O. The van der Waals surface area contributed by atoms with E-state index in [1.54, 1.807) is 51.5 Å². The molecule has 3 atom stereocenters.